The Morgan fingerprint density at radius 2 is 1.82 bits per heavy atom. The van der Waals surface area contributed by atoms with Crippen molar-refractivity contribution in [3.8, 4) is 22.6 Å². The molecule has 3 rings (SSSR count). The van der Waals surface area contributed by atoms with Crippen molar-refractivity contribution in [1.29, 1.82) is 0 Å². The van der Waals surface area contributed by atoms with Gasteiger partial charge in [-0.25, -0.2) is 9.59 Å². The molecule has 0 bridgehead atoms. The van der Waals surface area contributed by atoms with E-state index in [0.717, 1.165) is 37.3 Å². The van der Waals surface area contributed by atoms with Gasteiger partial charge in [0.05, 0.1) is 25.7 Å². The second kappa shape index (κ2) is 12.9. The summed E-state index contributed by atoms with van der Waals surface area (Å²) < 4.78 is 61.2. The van der Waals surface area contributed by atoms with Gasteiger partial charge in [0, 0.05) is 28.5 Å². The van der Waals surface area contributed by atoms with Gasteiger partial charge in [0.2, 0.25) is 0 Å². The number of carbonyl (C=O) groups excluding carboxylic acids is 1. The number of alkyl halides is 3. The summed E-state index contributed by atoms with van der Waals surface area (Å²) in [5.41, 5.74) is 0.130. The lowest BCUT2D eigenvalue weighted by molar-refractivity contribution is -0.172. The number of benzene rings is 2. The Labute approximate surface area is 225 Å². The first-order chi connectivity index (χ1) is 18.5. The minimum atomic E-state index is -4.50. The molecule has 3 aromatic rings. The molecule has 0 aliphatic heterocycles. The molecule has 1 unspecified atom stereocenters. The number of carbonyl (C=O) groups is 1. The molecule has 1 heterocycles. The maximum Gasteiger partial charge on any atom is 0.389 e. The van der Waals surface area contributed by atoms with Crippen molar-refractivity contribution in [3.63, 3.8) is 0 Å². The van der Waals surface area contributed by atoms with Crippen molar-refractivity contribution >= 4 is 16.9 Å². The van der Waals surface area contributed by atoms with E-state index >= 15 is 0 Å². The lowest BCUT2D eigenvalue weighted by Crippen LogP contribution is -2.36. The number of fused-ring (bicyclic) bond motifs is 1. The molecule has 6 nitrogen and oxygen atoms in total. The highest BCUT2D eigenvalue weighted by atomic mass is 19.4. The molecule has 0 spiro atoms. The van der Waals surface area contributed by atoms with Gasteiger partial charge in [0.15, 0.2) is 0 Å². The summed E-state index contributed by atoms with van der Waals surface area (Å²) in [6, 6.07) is 12.1. The van der Waals surface area contributed by atoms with Crippen LogP contribution in [0.15, 0.2) is 64.3 Å². The number of esters is 1. The third-order valence-corrected chi connectivity index (χ3v) is 6.28. The largest absolute Gasteiger partial charge is 0.496 e. The van der Waals surface area contributed by atoms with Crippen molar-refractivity contribution in [2.45, 2.75) is 52.1 Å². The van der Waals surface area contributed by atoms with Crippen LogP contribution in [0.3, 0.4) is 0 Å². The van der Waals surface area contributed by atoms with Crippen LogP contribution >= 0.6 is 0 Å². The molecule has 0 radical (unpaired) electrons. The second-order valence-corrected chi connectivity index (χ2v) is 9.84. The van der Waals surface area contributed by atoms with Crippen molar-refractivity contribution in [2.24, 2.45) is 5.41 Å². The van der Waals surface area contributed by atoms with E-state index in [9.17, 15) is 22.8 Å². The zero-order valence-corrected chi connectivity index (χ0v) is 22.4. The summed E-state index contributed by atoms with van der Waals surface area (Å²) in [5, 5.41) is 0.601. The van der Waals surface area contributed by atoms with Crippen LogP contribution in [0.2, 0.25) is 0 Å². The summed E-state index contributed by atoms with van der Waals surface area (Å²) in [5.74, 6) is -0.0537. The van der Waals surface area contributed by atoms with E-state index in [2.05, 4.69) is 13.5 Å². The fourth-order valence-corrected chi connectivity index (χ4v) is 4.25. The number of hydrogen-bond donors (Lipinski definition) is 0. The average molecular weight is 547 g/mol. The van der Waals surface area contributed by atoms with Gasteiger partial charge in [0.25, 0.3) is 0 Å². The Morgan fingerprint density at radius 3 is 2.49 bits per heavy atom. The molecule has 39 heavy (non-hydrogen) atoms. The quantitative estimate of drug-likeness (QED) is 0.0972. The topological polar surface area (TPSA) is 75.0 Å². The lowest BCUT2D eigenvalue weighted by atomic mass is 9.88. The van der Waals surface area contributed by atoms with Gasteiger partial charge in [-0.2, -0.15) is 13.2 Å². The number of ether oxygens (including phenoxy) is 3. The van der Waals surface area contributed by atoms with Gasteiger partial charge < -0.3 is 18.6 Å². The minimum absolute atomic E-state index is 0.204. The molecule has 0 saturated heterocycles. The number of unbranched alkanes of at least 4 members (excludes halogenated alkanes) is 2. The fraction of sp³-hybridized carbons (Fsp3) is 0.400. The molecule has 210 valence electrons. The first-order valence-electron chi connectivity index (χ1n) is 12.7. The van der Waals surface area contributed by atoms with Crippen LogP contribution in [0.25, 0.3) is 22.1 Å². The third-order valence-electron chi connectivity index (χ3n) is 6.28. The maximum absolute atomic E-state index is 13.2. The minimum Gasteiger partial charge on any atom is -0.496 e. The number of aryl methyl sites for hydroxylation is 1. The van der Waals surface area contributed by atoms with E-state index in [1.807, 2.05) is 18.2 Å². The number of halogens is 3. The standard InChI is InChI=1S/C30H33F3O6/c1-5-7-8-9-20-10-13-23(26(14-20)36-4)24-15-21-11-12-22(16-25(21)39-28(24)35)37-18-29(3,17-30(31,32)33)19-38-27(34)6-2/h6,10-16H,2,5,7-9,17-19H2,1,3-4H3. The Kier molecular flexibility index (Phi) is 9.83. The average Bonchev–Trinajstić information content (AvgIpc) is 2.89. The second-order valence-electron chi connectivity index (χ2n) is 9.84. The smallest absolute Gasteiger partial charge is 0.389 e. The molecular weight excluding hydrogens is 513 g/mol. The van der Waals surface area contributed by atoms with E-state index in [0.29, 0.717) is 22.3 Å². The SMILES string of the molecule is C=CC(=O)OCC(C)(COc1ccc2cc(-c3ccc(CCCCC)cc3OC)c(=O)oc2c1)CC(F)(F)F. The third kappa shape index (κ3) is 8.37. The van der Waals surface area contributed by atoms with Crippen molar-refractivity contribution < 1.29 is 36.6 Å². The molecule has 0 amide bonds. The Bertz CT molecular complexity index is 1360. The highest BCUT2D eigenvalue weighted by Gasteiger charge is 2.41. The lowest BCUT2D eigenvalue weighted by Gasteiger charge is -2.29. The molecule has 1 aromatic heterocycles. The first kappa shape index (κ1) is 29.8. The van der Waals surface area contributed by atoms with E-state index in [1.54, 1.807) is 25.3 Å². The van der Waals surface area contributed by atoms with Gasteiger partial charge in [0.1, 0.15) is 23.7 Å². The van der Waals surface area contributed by atoms with Gasteiger partial charge >= 0.3 is 17.8 Å². The van der Waals surface area contributed by atoms with Crippen molar-refractivity contribution in [3.05, 3.63) is 71.1 Å². The zero-order chi connectivity index (χ0) is 28.6. The van der Waals surface area contributed by atoms with Gasteiger partial charge in [-0.15, -0.1) is 0 Å². The highest BCUT2D eigenvalue weighted by molar-refractivity contribution is 5.84. The monoisotopic (exact) mass is 546 g/mol. The summed E-state index contributed by atoms with van der Waals surface area (Å²) in [7, 11) is 1.55. The number of hydrogen-bond acceptors (Lipinski definition) is 6. The van der Waals surface area contributed by atoms with E-state index in [4.69, 9.17) is 18.6 Å². The normalized spacial score (nSPS) is 13.1. The van der Waals surface area contributed by atoms with E-state index in [1.165, 1.54) is 13.0 Å². The first-order valence-corrected chi connectivity index (χ1v) is 12.7. The van der Waals surface area contributed by atoms with Crippen LogP contribution in [0, 0.1) is 5.41 Å². The van der Waals surface area contributed by atoms with Crippen molar-refractivity contribution in [1.82, 2.24) is 0 Å². The molecule has 1 atom stereocenters. The van der Waals surface area contributed by atoms with Crippen LogP contribution in [0.1, 0.15) is 45.1 Å². The summed E-state index contributed by atoms with van der Waals surface area (Å²) in [4.78, 5) is 24.3. The summed E-state index contributed by atoms with van der Waals surface area (Å²) in [6.07, 6.45) is -0.608. The maximum atomic E-state index is 13.2. The van der Waals surface area contributed by atoms with Crippen LogP contribution in [-0.4, -0.2) is 32.5 Å². The fourth-order valence-electron chi connectivity index (χ4n) is 4.25. The van der Waals surface area contributed by atoms with Crippen LogP contribution < -0.4 is 15.1 Å². The molecule has 0 aliphatic carbocycles. The van der Waals surface area contributed by atoms with Gasteiger partial charge in [-0.1, -0.05) is 45.4 Å². The molecule has 0 N–H and O–H groups in total. The predicted molar refractivity (Wildman–Crippen MR) is 143 cm³/mol. The Morgan fingerprint density at radius 1 is 1.05 bits per heavy atom. The highest BCUT2D eigenvalue weighted by Crippen LogP contribution is 2.35. The number of rotatable bonds is 13. The van der Waals surface area contributed by atoms with Crippen LogP contribution in [-0.2, 0) is 16.0 Å². The predicted octanol–water partition coefficient (Wildman–Crippen LogP) is 7.27. The van der Waals surface area contributed by atoms with Crippen LogP contribution in [0.5, 0.6) is 11.5 Å². The molecule has 9 heteroatoms. The molecule has 0 aliphatic rings. The summed E-state index contributed by atoms with van der Waals surface area (Å²) >= 11 is 0. The van der Waals surface area contributed by atoms with Crippen LogP contribution in [0.4, 0.5) is 13.2 Å². The van der Waals surface area contributed by atoms with Gasteiger partial charge in [-0.05, 0) is 42.7 Å². The molecule has 2 aromatic carbocycles. The van der Waals surface area contributed by atoms with E-state index < -0.39 is 42.8 Å². The number of methoxy groups -OCH3 is 1. The van der Waals surface area contributed by atoms with Crippen molar-refractivity contribution in [2.75, 3.05) is 20.3 Å². The Balaban J connectivity index is 1.84. The summed E-state index contributed by atoms with van der Waals surface area (Å²) in [6.45, 7) is 5.80. The molecular formula is C30H33F3O6. The zero-order valence-electron chi connectivity index (χ0n) is 22.4. The van der Waals surface area contributed by atoms with E-state index in [-0.39, 0.29) is 11.3 Å². The van der Waals surface area contributed by atoms with Gasteiger partial charge in [-0.3, -0.25) is 0 Å². The Hall–Kier alpha value is -3.75. The molecule has 0 saturated carbocycles. The molecule has 0 fully saturated rings.